The topological polar surface area (TPSA) is 92.8 Å². The Morgan fingerprint density at radius 2 is 1.78 bits per heavy atom. The van der Waals surface area contributed by atoms with Crippen LogP contribution in [0.5, 0.6) is 0 Å². The van der Waals surface area contributed by atoms with E-state index in [0.717, 1.165) is 31.2 Å². The third kappa shape index (κ3) is 4.86. The maximum atomic E-state index is 13.1. The summed E-state index contributed by atoms with van der Waals surface area (Å²) in [7, 11) is -3.83. The molecule has 1 N–H and O–H groups in total. The summed E-state index contributed by atoms with van der Waals surface area (Å²) >= 11 is 0. The Kier molecular flexibility index (Phi) is 6.62. The number of amides is 1. The number of hydrogen-bond donors (Lipinski definition) is 1. The summed E-state index contributed by atoms with van der Waals surface area (Å²) in [4.78, 5) is 25.2. The van der Waals surface area contributed by atoms with Gasteiger partial charge in [-0.2, -0.15) is 4.31 Å². The molecule has 1 amide bonds. The molecule has 32 heavy (non-hydrogen) atoms. The van der Waals surface area contributed by atoms with Gasteiger partial charge in [-0.25, -0.2) is 8.42 Å². The fourth-order valence-corrected chi connectivity index (χ4v) is 6.00. The van der Waals surface area contributed by atoms with Crippen molar-refractivity contribution in [2.24, 2.45) is 0 Å². The molecule has 4 rings (SSSR count). The molecule has 0 bridgehead atoms. The minimum Gasteiger partial charge on any atom is -0.454 e. The maximum Gasteiger partial charge on any atom is 0.324 e. The van der Waals surface area contributed by atoms with Crippen molar-refractivity contribution in [1.29, 1.82) is 0 Å². The standard InChI is InChI=1S/C24H28N2O5S/c1-17-8-12-21(13-9-17)32(29,30)26-14-3-2-7-22(26)24(28)31-16-23(27)25-20-11-10-18-5-4-6-19(18)15-20/h8-13,15,22H,2-7,14,16H2,1H3,(H,25,27). The highest BCUT2D eigenvalue weighted by atomic mass is 32.2. The zero-order chi connectivity index (χ0) is 22.7. The summed E-state index contributed by atoms with van der Waals surface area (Å²) < 4.78 is 32.7. The van der Waals surface area contributed by atoms with Gasteiger partial charge in [-0.15, -0.1) is 0 Å². The molecule has 1 aliphatic carbocycles. The Morgan fingerprint density at radius 3 is 2.56 bits per heavy atom. The smallest absolute Gasteiger partial charge is 0.324 e. The fourth-order valence-electron chi connectivity index (χ4n) is 4.35. The summed E-state index contributed by atoms with van der Waals surface area (Å²) in [6, 6.07) is 11.4. The van der Waals surface area contributed by atoms with Gasteiger partial charge in [0.2, 0.25) is 10.0 Å². The van der Waals surface area contributed by atoms with E-state index in [-0.39, 0.29) is 11.4 Å². The molecule has 1 aliphatic heterocycles. The van der Waals surface area contributed by atoms with Crippen LogP contribution in [-0.2, 0) is 37.2 Å². The third-order valence-electron chi connectivity index (χ3n) is 6.08. The van der Waals surface area contributed by atoms with Gasteiger partial charge in [0.25, 0.3) is 5.91 Å². The maximum absolute atomic E-state index is 13.1. The first kappa shape index (κ1) is 22.5. The molecule has 7 nitrogen and oxygen atoms in total. The van der Waals surface area contributed by atoms with E-state index in [0.29, 0.717) is 18.5 Å². The molecule has 1 heterocycles. The second-order valence-corrected chi connectivity index (χ2v) is 10.3. The number of carbonyl (C=O) groups is 2. The Bertz CT molecular complexity index is 1110. The first-order valence-electron chi connectivity index (χ1n) is 11.0. The number of sulfonamides is 1. The molecule has 0 spiro atoms. The van der Waals surface area contributed by atoms with Gasteiger partial charge in [0, 0.05) is 12.2 Å². The van der Waals surface area contributed by atoms with Crippen molar-refractivity contribution in [1.82, 2.24) is 4.31 Å². The number of fused-ring (bicyclic) bond motifs is 1. The SMILES string of the molecule is Cc1ccc(S(=O)(=O)N2CCCCC2C(=O)OCC(=O)Nc2ccc3c(c2)CCC3)cc1. The van der Waals surface area contributed by atoms with Crippen molar-refractivity contribution in [3.05, 3.63) is 59.2 Å². The van der Waals surface area contributed by atoms with Gasteiger partial charge in [0.15, 0.2) is 6.61 Å². The first-order valence-corrected chi connectivity index (χ1v) is 12.5. The molecule has 1 fully saturated rings. The highest BCUT2D eigenvalue weighted by Crippen LogP contribution is 2.27. The number of rotatable bonds is 6. The summed E-state index contributed by atoms with van der Waals surface area (Å²) in [5, 5.41) is 2.75. The molecule has 8 heteroatoms. The van der Waals surface area contributed by atoms with Gasteiger partial charge in [-0.3, -0.25) is 9.59 Å². The van der Waals surface area contributed by atoms with E-state index in [1.807, 2.05) is 25.1 Å². The second-order valence-electron chi connectivity index (χ2n) is 8.43. The zero-order valence-corrected chi connectivity index (χ0v) is 19.0. The molecular formula is C24H28N2O5S. The number of esters is 1. The number of nitrogens with one attached hydrogen (secondary N) is 1. The molecule has 1 unspecified atom stereocenters. The lowest BCUT2D eigenvalue weighted by Crippen LogP contribution is -2.48. The number of benzene rings is 2. The minimum atomic E-state index is -3.83. The van der Waals surface area contributed by atoms with Gasteiger partial charge in [0.05, 0.1) is 4.90 Å². The van der Waals surface area contributed by atoms with Crippen LogP contribution in [0.1, 0.15) is 42.4 Å². The van der Waals surface area contributed by atoms with E-state index in [4.69, 9.17) is 4.74 Å². The van der Waals surface area contributed by atoms with Crippen molar-refractivity contribution < 1.29 is 22.7 Å². The quantitative estimate of drug-likeness (QED) is 0.674. The predicted octanol–water partition coefficient (Wildman–Crippen LogP) is 3.21. The lowest BCUT2D eigenvalue weighted by molar-refractivity contribution is -0.152. The van der Waals surface area contributed by atoms with Gasteiger partial charge in [-0.05, 0) is 80.8 Å². The van der Waals surface area contributed by atoms with Crippen LogP contribution in [-0.4, -0.2) is 43.8 Å². The number of ether oxygens (including phenoxy) is 1. The van der Waals surface area contributed by atoms with Crippen LogP contribution < -0.4 is 5.32 Å². The number of hydrogen-bond acceptors (Lipinski definition) is 5. The lowest BCUT2D eigenvalue weighted by Gasteiger charge is -2.33. The van der Waals surface area contributed by atoms with Gasteiger partial charge in [-0.1, -0.05) is 23.8 Å². The molecule has 1 atom stereocenters. The number of carbonyl (C=O) groups excluding carboxylic acids is 2. The second kappa shape index (κ2) is 9.42. The van der Waals surface area contributed by atoms with Crippen molar-refractivity contribution >= 4 is 27.6 Å². The van der Waals surface area contributed by atoms with E-state index < -0.39 is 34.5 Å². The highest BCUT2D eigenvalue weighted by molar-refractivity contribution is 7.89. The Hall–Kier alpha value is -2.71. The summed E-state index contributed by atoms with van der Waals surface area (Å²) in [5.41, 5.74) is 4.17. The van der Waals surface area contributed by atoms with E-state index in [9.17, 15) is 18.0 Å². The van der Waals surface area contributed by atoms with E-state index in [2.05, 4.69) is 5.32 Å². The lowest BCUT2D eigenvalue weighted by atomic mass is 10.1. The Balaban J connectivity index is 1.39. The number of nitrogens with zero attached hydrogens (tertiary/aromatic N) is 1. The van der Waals surface area contributed by atoms with Crippen LogP contribution >= 0.6 is 0 Å². The van der Waals surface area contributed by atoms with Crippen LogP contribution in [0.2, 0.25) is 0 Å². The fraction of sp³-hybridized carbons (Fsp3) is 0.417. The number of piperidine rings is 1. The number of anilines is 1. The van der Waals surface area contributed by atoms with Crippen molar-refractivity contribution in [3.63, 3.8) is 0 Å². The average molecular weight is 457 g/mol. The molecule has 0 radical (unpaired) electrons. The zero-order valence-electron chi connectivity index (χ0n) is 18.2. The largest absolute Gasteiger partial charge is 0.454 e. The normalized spacial score (nSPS) is 18.7. The van der Waals surface area contributed by atoms with Gasteiger partial charge < -0.3 is 10.1 Å². The third-order valence-corrected chi connectivity index (χ3v) is 8.00. The monoisotopic (exact) mass is 456 g/mol. The van der Waals surface area contributed by atoms with Crippen molar-refractivity contribution in [3.8, 4) is 0 Å². The van der Waals surface area contributed by atoms with Crippen LogP contribution in [0.3, 0.4) is 0 Å². The van der Waals surface area contributed by atoms with Crippen LogP contribution in [0.25, 0.3) is 0 Å². The molecule has 1 saturated heterocycles. The molecule has 0 aromatic heterocycles. The number of aryl methyl sites for hydroxylation is 3. The average Bonchev–Trinajstić information content (AvgIpc) is 3.26. The van der Waals surface area contributed by atoms with E-state index in [1.165, 1.54) is 15.4 Å². The van der Waals surface area contributed by atoms with Gasteiger partial charge >= 0.3 is 5.97 Å². The molecular weight excluding hydrogens is 428 g/mol. The summed E-state index contributed by atoms with van der Waals surface area (Å²) in [5.74, 6) is -1.13. The highest BCUT2D eigenvalue weighted by Gasteiger charge is 2.38. The minimum absolute atomic E-state index is 0.150. The molecule has 0 saturated carbocycles. The van der Waals surface area contributed by atoms with Crippen LogP contribution in [0.4, 0.5) is 5.69 Å². The first-order chi connectivity index (χ1) is 15.3. The van der Waals surface area contributed by atoms with Crippen molar-refractivity contribution in [2.75, 3.05) is 18.5 Å². The summed E-state index contributed by atoms with van der Waals surface area (Å²) in [6.07, 6.45) is 4.95. The Morgan fingerprint density at radius 1 is 1.03 bits per heavy atom. The van der Waals surface area contributed by atoms with E-state index >= 15 is 0 Å². The van der Waals surface area contributed by atoms with E-state index in [1.54, 1.807) is 24.3 Å². The van der Waals surface area contributed by atoms with Crippen LogP contribution in [0.15, 0.2) is 47.4 Å². The molecule has 2 aromatic rings. The van der Waals surface area contributed by atoms with Crippen LogP contribution in [0, 0.1) is 6.92 Å². The molecule has 2 aromatic carbocycles. The predicted molar refractivity (Wildman–Crippen MR) is 121 cm³/mol. The van der Waals surface area contributed by atoms with Crippen molar-refractivity contribution in [2.45, 2.75) is 56.4 Å². The summed E-state index contributed by atoms with van der Waals surface area (Å²) in [6.45, 7) is 1.67. The molecule has 2 aliphatic rings. The van der Waals surface area contributed by atoms with Gasteiger partial charge in [0.1, 0.15) is 6.04 Å². The Labute approximate surface area is 188 Å². The molecule has 170 valence electrons.